The van der Waals surface area contributed by atoms with Crippen LogP contribution in [-0.4, -0.2) is 99.7 Å². The number of nitrogens with zero attached hydrogens (tertiary/aromatic N) is 2. The van der Waals surface area contributed by atoms with Gasteiger partial charge in [-0.3, -0.25) is 9.59 Å². The minimum absolute atomic E-state index is 0.124. The van der Waals surface area contributed by atoms with Gasteiger partial charge in [0.25, 0.3) is 0 Å². The third kappa shape index (κ3) is 7.67. The van der Waals surface area contributed by atoms with Gasteiger partial charge >= 0.3 is 5.97 Å². The van der Waals surface area contributed by atoms with Gasteiger partial charge in [-0.1, -0.05) is 62.5 Å². The first-order valence-corrected chi connectivity index (χ1v) is 15.7. The molecule has 2 fully saturated rings. The standard InChI is InChI=1S/C35H49N3O9/c1-23(15-11-8-9-12-16-26-20-36-22-47-26)29(40)33(4,5)31(42)37-18-14-10-13-17-27(39)24(2)19-28(45-7)35(44)25(3)30(41)38(6)34(35)21-46-32(34)43/h8,10-17,20,22,24-25,27-29,39-40,44H,9,18-19,21H2,1-7H3,(H,37,42). The summed E-state index contributed by atoms with van der Waals surface area (Å²) >= 11 is 0. The number of hydrogen-bond donors (Lipinski definition) is 4. The molecule has 7 atom stereocenters. The van der Waals surface area contributed by atoms with E-state index < -0.39 is 52.7 Å². The second-order valence-electron chi connectivity index (χ2n) is 12.8. The predicted molar refractivity (Wildman–Crippen MR) is 175 cm³/mol. The Hall–Kier alpha value is -3.84. The fraction of sp³-hybridized carbons (Fsp3) is 0.543. The normalized spacial score (nSPS) is 26.5. The molecule has 1 spiro atoms. The van der Waals surface area contributed by atoms with Crippen LogP contribution in [0.5, 0.6) is 0 Å². The van der Waals surface area contributed by atoms with E-state index in [0.29, 0.717) is 17.8 Å². The third-order valence-electron chi connectivity index (χ3n) is 9.43. The van der Waals surface area contributed by atoms with Crippen molar-refractivity contribution in [2.45, 2.75) is 76.9 Å². The average Bonchev–Trinajstić information content (AvgIpc) is 3.62. The lowest BCUT2D eigenvalue weighted by atomic mass is 9.68. The molecule has 0 radical (unpaired) electrons. The van der Waals surface area contributed by atoms with Gasteiger partial charge in [0.15, 0.2) is 6.39 Å². The number of carbonyl (C=O) groups excluding carboxylic acids is 3. The molecule has 4 N–H and O–H groups in total. The second kappa shape index (κ2) is 15.8. The maximum atomic E-state index is 12.9. The van der Waals surface area contributed by atoms with Crippen molar-refractivity contribution in [1.29, 1.82) is 0 Å². The first-order chi connectivity index (χ1) is 22.2. The fourth-order valence-corrected chi connectivity index (χ4v) is 6.10. The van der Waals surface area contributed by atoms with Crippen LogP contribution in [0.15, 0.2) is 71.2 Å². The maximum absolute atomic E-state index is 12.9. The molecule has 7 unspecified atom stereocenters. The number of carbonyl (C=O) groups is 3. The van der Waals surface area contributed by atoms with E-state index in [1.165, 1.54) is 25.5 Å². The van der Waals surface area contributed by atoms with Crippen LogP contribution in [-0.2, 0) is 23.9 Å². The number of ether oxygens (including phenoxy) is 2. The molecule has 2 saturated heterocycles. The number of hydrogen-bond acceptors (Lipinski definition) is 10. The van der Waals surface area contributed by atoms with Crippen molar-refractivity contribution in [2.24, 2.45) is 17.3 Å². The van der Waals surface area contributed by atoms with E-state index in [1.54, 1.807) is 71.2 Å². The molecular weight excluding hydrogens is 606 g/mol. The summed E-state index contributed by atoms with van der Waals surface area (Å²) in [5.41, 5.74) is -3.79. The number of nitrogens with one attached hydrogen (secondary N) is 1. The van der Waals surface area contributed by atoms with Crippen LogP contribution in [0.4, 0.5) is 0 Å². The number of aliphatic hydroxyl groups excluding tert-OH is 2. The molecule has 12 nitrogen and oxygen atoms in total. The molecular formula is C35H49N3O9. The summed E-state index contributed by atoms with van der Waals surface area (Å²) in [5, 5.41) is 36.2. The number of esters is 1. The maximum Gasteiger partial charge on any atom is 0.338 e. The number of likely N-dealkylation sites (tertiary alicyclic amines) is 1. The number of likely N-dealkylation sites (N-methyl/N-ethyl adjacent to an activating group) is 1. The van der Waals surface area contributed by atoms with E-state index in [-0.39, 0.29) is 31.4 Å². The summed E-state index contributed by atoms with van der Waals surface area (Å²) in [6.45, 7) is 8.55. The SMILES string of the molecule is COC(CC(C)C(O)C=CC=CCNC(=O)C(C)(C)C(O)C(C)=CC=CCC=Cc1cnco1)C1(O)C(C)C(=O)N(C)C12COC2=O. The van der Waals surface area contributed by atoms with E-state index in [4.69, 9.17) is 13.9 Å². The zero-order valence-corrected chi connectivity index (χ0v) is 28.3. The number of oxazole rings is 1. The molecule has 3 heterocycles. The number of rotatable bonds is 16. The first-order valence-electron chi connectivity index (χ1n) is 15.7. The van der Waals surface area contributed by atoms with Crippen LogP contribution in [0, 0.1) is 17.3 Å². The summed E-state index contributed by atoms with van der Waals surface area (Å²) in [6, 6.07) is 0. The Kier molecular flexibility index (Phi) is 12.7. The molecule has 0 saturated carbocycles. The van der Waals surface area contributed by atoms with Crippen molar-refractivity contribution in [2.75, 3.05) is 27.3 Å². The van der Waals surface area contributed by atoms with Crippen LogP contribution >= 0.6 is 0 Å². The van der Waals surface area contributed by atoms with Gasteiger partial charge in [0, 0.05) is 20.7 Å². The first kappa shape index (κ1) is 37.6. The number of methoxy groups -OCH3 is 1. The lowest BCUT2D eigenvalue weighted by molar-refractivity contribution is -0.235. The largest absolute Gasteiger partial charge is 0.460 e. The van der Waals surface area contributed by atoms with Gasteiger partial charge < -0.3 is 39.4 Å². The average molecular weight is 656 g/mol. The monoisotopic (exact) mass is 655 g/mol. The smallest absolute Gasteiger partial charge is 0.338 e. The van der Waals surface area contributed by atoms with Crippen LogP contribution in [0.1, 0.15) is 53.2 Å². The van der Waals surface area contributed by atoms with Gasteiger partial charge in [-0.05, 0) is 51.2 Å². The minimum atomic E-state index is -1.83. The molecule has 1 aromatic heterocycles. The highest BCUT2D eigenvalue weighted by Gasteiger charge is 2.77. The van der Waals surface area contributed by atoms with Crippen LogP contribution in [0.25, 0.3) is 6.08 Å². The van der Waals surface area contributed by atoms with Gasteiger partial charge in [0.1, 0.15) is 18.0 Å². The summed E-state index contributed by atoms with van der Waals surface area (Å²) in [6.07, 6.45) is 16.8. The van der Waals surface area contributed by atoms with E-state index in [2.05, 4.69) is 10.3 Å². The van der Waals surface area contributed by atoms with Crippen LogP contribution < -0.4 is 5.32 Å². The molecule has 2 amide bonds. The number of aromatic nitrogens is 1. The Balaban J connectivity index is 1.48. The second-order valence-corrected chi connectivity index (χ2v) is 12.8. The highest BCUT2D eigenvalue weighted by atomic mass is 16.6. The Morgan fingerprint density at radius 1 is 1.23 bits per heavy atom. The lowest BCUT2D eigenvalue weighted by Crippen LogP contribution is -2.76. The van der Waals surface area contributed by atoms with Crippen molar-refractivity contribution >= 4 is 23.9 Å². The number of amides is 2. The van der Waals surface area contributed by atoms with Crippen LogP contribution in [0.3, 0.4) is 0 Å². The number of allylic oxidation sites excluding steroid dienone is 6. The van der Waals surface area contributed by atoms with E-state index >= 15 is 0 Å². The molecule has 2 aliphatic rings. The van der Waals surface area contributed by atoms with Crippen molar-refractivity contribution in [3.8, 4) is 0 Å². The fourth-order valence-electron chi connectivity index (χ4n) is 6.10. The summed E-state index contributed by atoms with van der Waals surface area (Å²) in [7, 11) is 2.88. The molecule has 2 aliphatic heterocycles. The Bertz CT molecular complexity index is 1400. The molecule has 258 valence electrons. The molecule has 0 bridgehead atoms. The summed E-state index contributed by atoms with van der Waals surface area (Å²) in [5.74, 6) is -2.01. The molecule has 0 aliphatic carbocycles. The van der Waals surface area contributed by atoms with E-state index in [9.17, 15) is 29.7 Å². The molecule has 3 rings (SSSR count). The van der Waals surface area contributed by atoms with Crippen molar-refractivity contribution in [1.82, 2.24) is 15.2 Å². The molecule has 1 aromatic rings. The van der Waals surface area contributed by atoms with Gasteiger partial charge in [-0.15, -0.1) is 0 Å². The zero-order valence-electron chi connectivity index (χ0n) is 28.3. The molecule has 12 heteroatoms. The Morgan fingerprint density at radius 2 is 1.96 bits per heavy atom. The van der Waals surface area contributed by atoms with E-state index in [0.717, 1.165) is 0 Å². The zero-order chi connectivity index (χ0) is 35.0. The lowest BCUT2D eigenvalue weighted by Gasteiger charge is -2.51. The van der Waals surface area contributed by atoms with Gasteiger partial charge in [0.05, 0.1) is 35.8 Å². The van der Waals surface area contributed by atoms with Crippen molar-refractivity contribution in [3.05, 3.63) is 72.5 Å². The summed E-state index contributed by atoms with van der Waals surface area (Å²) < 4.78 is 15.8. The van der Waals surface area contributed by atoms with Gasteiger partial charge in [-0.25, -0.2) is 9.78 Å². The third-order valence-corrected chi connectivity index (χ3v) is 9.43. The van der Waals surface area contributed by atoms with Crippen LogP contribution in [0.2, 0.25) is 0 Å². The predicted octanol–water partition coefficient (Wildman–Crippen LogP) is 2.73. The van der Waals surface area contributed by atoms with Gasteiger partial charge in [0.2, 0.25) is 17.4 Å². The van der Waals surface area contributed by atoms with Gasteiger partial charge in [-0.2, -0.15) is 0 Å². The Morgan fingerprint density at radius 3 is 2.55 bits per heavy atom. The van der Waals surface area contributed by atoms with E-state index in [1.807, 2.05) is 24.3 Å². The molecule has 0 aromatic carbocycles. The minimum Gasteiger partial charge on any atom is -0.460 e. The summed E-state index contributed by atoms with van der Waals surface area (Å²) in [4.78, 5) is 43.3. The number of cyclic esters (lactones) is 1. The highest BCUT2D eigenvalue weighted by Crippen LogP contribution is 2.51. The van der Waals surface area contributed by atoms with Crippen molar-refractivity contribution < 1.29 is 43.6 Å². The number of aliphatic hydroxyl groups is 3. The Labute approximate surface area is 276 Å². The highest BCUT2D eigenvalue weighted by molar-refractivity contribution is 5.99. The molecule has 47 heavy (non-hydrogen) atoms. The topological polar surface area (TPSA) is 172 Å². The quantitative estimate of drug-likeness (QED) is 0.153. The van der Waals surface area contributed by atoms with Crippen molar-refractivity contribution in [3.63, 3.8) is 0 Å².